The van der Waals surface area contributed by atoms with E-state index in [1.54, 1.807) is 49.9 Å². The van der Waals surface area contributed by atoms with Gasteiger partial charge in [-0.25, -0.2) is 9.97 Å². The second-order valence-electron chi connectivity index (χ2n) is 8.11. The van der Waals surface area contributed by atoms with E-state index in [9.17, 15) is 13.2 Å². The van der Waals surface area contributed by atoms with E-state index in [2.05, 4.69) is 9.97 Å². The molecule has 188 valence electrons. The van der Waals surface area contributed by atoms with Crippen LogP contribution in [0.4, 0.5) is 13.2 Å². The number of hydrogen-bond donors (Lipinski definition) is 0. The molecule has 0 bridgehead atoms. The normalized spacial score (nSPS) is 11.5. The molecule has 0 aliphatic heterocycles. The van der Waals surface area contributed by atoms with Crippen molar-refractivity contribution < 1.29 is 22.6 Å². The van der Waals surface area contributed by atoms with Gasteiger partial charge in [0.15, 0.2) is 5.69 Å². The highest BCUT2D eigenvalue weighted by molar-refractivity contribution is 7.13. The van der Waals surface area contributed by atoms with Crippen molar-refractivity contribution in [1.29, 1.82) is 0 Å². The van der Waals surface area contributed by atoms with Crippen LogP contribution in [0.3, 0.4) is 0 Å². The number of nitrogens with zero attached hydrogens (tertiary/aromatic N) is 4. The number of benzene rings is 2. The van der Waals surface area contributed by atoms with Gasteiger partial charge in [-0.3, -0.25) is 0 Å². The van der Waals surface area contributed by atoms with Crippen molar-refractivity contribution >= 4 is 11.3 Å². The van der Waals surface area contributed by atoms with Crippen LogP contribution in [0.1, 0.15) is 11.3 Å². The highest BCUT2D eigenvalue weighted by Gasteiger charge is 2.35. The van der Waals surface area contributed by atoms with Gasteiger partial charge in [-0.15, -0.1) is 11.3 Å². The maximum Gasteiger partial charge on any atom is 0.433 e. The first-order valence-corrected chi connectivity index (χ1v) is 12.1. The van der Waals surface area contributed by atoms with Gasteiger partial charge in [0.25, 0.3) is 5.95 Å². The fourth-order valence-corrected chi connectivity index (χ4v) is 4.71. The van der Waals surface area contributed by atoms with Gasteiger partial charge in [0.2, 0.25) is 0 Å². The summed E-state index contributed by atoms with van der Waals surface area (Å²) in [5, 5.41) is 6.52. The topological polar surface area (TPSA) is 62.1 Å². The van der Waals surface area contributed by atoms with Gasteiger partial charge >= 0.3 is 6.18 Å². The molecular weight excluding hydrogens is 501 g/mol. The molecular formula is C27H21F3N4O2S. The largest absolute Gasteiger partial charge is 0.497 e. The van der Waals surface area contributed by atoms with Gasteiger partial charge in [-0.05, 0) is 48.7 Å². The third kappa shape index (κ3) is 4.79. The van der Waals surface area contributed by atoms with Crippen LogP contribution in [-0.2, 0) is 6.18 Å². The Morgan fingerprint density at radius 3 is 2.14 bits per heavy atom. The van der Waals surface area contributed by atoms with Crippen molar-refractivity contribution in [3.63, 3.8) is 0 Å². The first-order valence-electron chi connectivity index (χ1n) is 11.2. The Hall–Kier alpha value is -4.18. The molecule has 0 aliphatic rings. The Balaban J connectivity index is 1.80. The maximum atomic E-state index is 13.9. The van der Waals surface area contributed by atoms with E-state index >= 15 is 0 Å². The van der Waals surface area contributed by atoms with Gasteiger partial charge < -0.3 is 9.47 Å². The lowest BCUT2D eigenvalue weighted by Crippen LogP contribution is -2.14. The molecule has 0 saturated carbocycles. The van der Waals surface area contributed by atoms with E-state index in [0.29, 0.717) is 33.3 Å². The Kier molecular flexibility index (Phi) is 6.43. The lowest BCUT2D eigenvalue weighted by Gasteiger charge is -2.12. The maximum absolute atomic E-state index is 13.9. The van der Waals surface area contributed by atoms with Crippen molar-refractivity contribution in [3.8, 4) is 50.5 Å². The Labute approximate surface area is 215 Å². The minimum Gasteiger partial charge on any atom is -0.497 e. The number of rotatable bonds is 6. The molecule has 0 saturated heterocycles. The zero-order valence-corrected chi connectivity index (χ0v) is 20.9. The molecule has 0 unspecified atom stereocenters. The predicted molar refractivity (Wildman–Crippen MR) is 136 cm³/mol. The summed E-state index contributed by atoms with van der Waals surface area (Å²) in [6.45, 7) is 1.86. The standard InChI is InChI=1S/C27H21F3N4O2S/c1-16-24(17-7-4-9-19(13-17)35-2)33-34(25(16)18-8-5-10-20(14-18)36-3)26-31-21(22-11-6-12-37-22)15-23(32-26)27(28,29)30/h4-15H,1-3H3. The quantitative estimate of drug-likeness (QED) is 0.239. The number of halogens is 3. The average Bonchev–Trinajstić information content (AvgIpc) is 3.56. The molecule has 0 amide bonds. The summed E-state index contributed by atoms with van der Waals surface area (Å²) < 4.78 is 53.9. The first kappa shape index (κ1) is 24.5. The van der Waals surface area contributed by atoms with Crippen LogP contribution >= 0.6 is 11.3 Å². The zero-order chi connectivity index (χ0) is 26.2. The van der Waals surface area contributed by atoms with Crippen LogP contribution in [0, 0.1) is 6.92 Å². The predicted octanol–water partition coefficient (Wildman–Crippen LogP) is 7.07. The van der Waals surface area contributed by atoms with Crippen LogP contribution in [-0.4, -0.2) is 34.0 Å². The number of methoxy groups -OCH3 is 2. The smallest absolute Gasteiger partial charge is 0.433 e. The second-order valence-corrected chi connectivity index (χ2v) is 9.06. The molecule has 5 rings (SSSR count). The lowest BCUT2D eigenvalue weighted by molar-refractivity contribution is -0.141. The van der Waals surface area contributed by atoms with Crippen molar-refractivity contribution in [1.82, 2.24) is 19.7 Å². The molecule has 10 heteroatoms. The van der Waals surface area contributed by atoms with E-state index in [4.69, 9.17) is 14.6 Å². The molecule has 2 aromatic carbocycles. The summed E-state index contributed by atoms with van der Waals surface area (Å²) in [4.78, 5) is 9.01. The van der Waals surface area contributed by atoms with E-state index < -0.39 is 11.9 Å². The summed E-state index contributed by atoms with van der Waals surface area (Å²) in [5.41, 5.74) is 2.40. The summed E-state index contributed by atoms with van der Waals surface area (Å²) in [6.07, 6.45) is -4.67. The van der Waals surface area contributed by atoms with Crippen molar-refractivity contribution in [3.05, 3.63) is 83.4 Å². The highest BCUT2D eigenvalue weighted by Crippen LogP contribution is 2.37. The third-order valence-corrected chi connectivity index (χ3v) is 6.67. The molecule has 0 fully saturated rings. The van der Waals surface area contributed by atoms with Gasteiger partial charge in [0.05, 0.1) is 36.2 Å². The molecule has 3 heterocycles. The molecule has 6 nitrogen and oxygen atoms in total. The van der Waals surface area contributed by atoms with Crippen LogP contribution in [0.2, 0.25) is 0 Å². The lowest BCUT2D eigenvalue weighted by atomic mass is 10.0. The SMILES string of the molecule is COc1cccc(-c2nn(-c3nc(-c4cccs4)cc(C(F)(F)F)n3)c(-c3cccc(OC)c3)c2C)c1. The van der Waals surface area contributed by atoms with Crippen LogP contribution in [0.15, 0.2) is 72.1 Å². The summed E-state index contributed by atoms with van der Waals surface area (Å²) in [7, 11) is 3.11. The Bertz CT molecular complexity index is 1560. The number of alkyl halides is 3. The Morgan fingerprint density at radius 1 is 0.838 bits per heavy atom. The van der Waals surface area contributed by atoms with E-state index in [-0.39, 0.29) is 11.6 Å². The summed E-state index contributed by atoms with van der Waals surface area (Å²) in [6, 6.07) is 19.0. The van der Waals surface area contributed by atoms with E-state index in [1.807, 2.05) is 37.3 Å². The second kappa shape index (κ2) is 9.70. The number of ether oxygens (including phenoxy) is 2. The molecule has 0 N–H and O–H groups in total. The minimum absolute atomic E-state index is 0.167. The number of aromatic nitrogens is 4. The zero-order valence-electron chi connectivity index (χ0n) is 20.1. The van der Waals surface area contributed by atoms with Gasteiger partial charge in [-0.1, -0.05) is 30.3 Å². The third-order valence-electron chi connectivity index (χ3n) is 5.78. The highest BCUT2D eigenvalue weighted by atomic mass is 32.1. The van der Waals surface area contributed by atoms with Crippen molar-refractivity contribution in [2.24, 2.45) is 0 Å². The van der Waals surface area contributed by atoms with Crippen LogP contribution < -0.4 is 9.47 Å². The van der Waals surface area contributed by atoms with Crippen molar-refractivity contribution in [2.45, 2.75) is 13.1 Å². The number of thiophene rings is 1. The van der Waals surface area contributed by atoms with Gasteiger partial charge in [0.1, 0.15) is 11.5 Å². The van der Waals surface area contributed by atoms with Crippen LogP contribution in [0.5, 0.6) is 11.5 Å². The fourth-order valence-electron chi connectivity index (χ4n) is 4.02. The molecule has 0 atom stereocenters. The Morgan fingerprint density at radius 2 is 1.51 bits per heavy atom. The average molecular weight is 523 g/mol. The molecule has 5 aromatic rings. The minimum atomic E-state index is -4.67. The fraction of sp³-hybridized carbons (Fsp3) is 0.148. The van der Waals surface area contributed by atoms with E-state index in [0.717, 1.165) is 17.2 Å². The monoisotopic (exact) mass is 522 g/mol. The van der Waals surface area contributed by atoms with Crippen molar-refractivity contribution in [2.75, 3.05) is 14.2 Å². The van der Waals surface area contributed by atoms with Gasteiger partial charge in [0, 0.05) is 16.7 Å². The first-order chi connectivity index (χ1) is 17.8. The van der Waals surface area contributed by atoms with Crippen LogP contribution in [0.25, 0.3) is 39.0 Å². The molecule has 0 radical (unpaired) electrons. The van der Waals surface area contributed by atoms with Gasteiger partial charge in [-0.2, -0.15) is 23.0 Å². The number of hydrogen-bond acceptors (Lipinski definition) is 6. The van der Waals surface area contributed by atoms with E-state index in [1.165, 1.54) is 16.0 Å². The molecule has 37 heavy (non-hydrogen) atoms. The summed E-state index contributed by atoms with van der Waals surface area (Å²) in [5.74, 6) is 1.04. The molecule has 0 aliphatic carbocycles. The summed E-state index contributed by atoms with van der Waals surface area (Å²) >= 11 is 1.30. The molecule has 3 aromatic heterocycles. The molecule has 0 spiro atoms.